The van der Waals surface area contributed by atoms with Crippen LogP contribution in [0.1, 0.15) is 61.8 Å². The highest BCUT2D eigenvalue weighted by molar-refractivity contribution is 7.17. The number of thiazole rings is 1. The number of hydrogen-bond donors (Lipinski definition) is 2. The Morgan fingerprint density at radius 3 is 2.26 bits per heavy atom. The van der Waals surface area contributed by atoms with E-state index in [9.17, 15) is 9.59 Å². The second kappa shape index (κ2) is 6.65. The number of nitrogens with one attached hydrogen (secondary N) is 1. The molecule has 0 aliphatic carbocycles. The van der Waals surface area contributed by atoms with E-state index >= 15 is 0 Å². The third-order valence-electron chi connectivity index (χ3n) is 2.98. The van der Waals surface area contributed by atoms with E-state index in [1.165, 1.54) is 0 Å². The lowest BCUT2D eigenvalue weighted by Crippen LogP contribution is -2.21. The molecule has 0 saturated heterocycles. The Bertz CT molecular complexity index is 464. The van der Waals surface area contributed by atoms with Crippen molar-refractivity contribution in [1.29, 1.82) is 0 Å². The molecule has 0 aliphatic rings. The first-order valence-electron chi connectivity index (χ1n) is 6.45. The van der Waals surface area contributed by atoms with Crippen molar-refractivity contribution in [2.45, 2.75) is 46.5 Å². The first kappa shape index (κ1) is 15.6. The van der Waals surface area contributed by atoms with Crippen LogP contribution in [0, 0.1) is 5.92 Å². The van der Waals surface area contributed by atoms with Crippen LogP contribution in [0.15, 0.2) is 0 Å². The number of carbonyl (C=O) groups excluding carboxylic acids is 1. The molecule has 0 fully saturated rings. The molecule has 0 bridgehead atoms. The molecule has 2 N–H and O–H groups in total. The Balaban J connectivity index is 2.94. The fraction of sp³-hybridized carbons (Fsp3) is 0.615. The zero-order valence-electron chi connectivity index (χ0n) is 11.7. The van der Waals surface area contributed by atoms with E-state index in [-0.39, 0.29) is 22.6 Å². The summed E-state index contributed by atoms with van der Waals surface area (Å²) in [4.78, 5) is 27.5. The first-order chi connectivity index (χ1) is 8.90. The minimum absolute atomic E-state index is 0.0150. The molecule has 0 atom stereocenters. The van der Waals surface area contributed by atoms with Crippen molar-refractivity contribution in [3.63, 3.8) is 0 Å². The Labute approximate surface area is 117 Å². The fourth-order valence-corrected chi connectivity index (χ4v) is 2.76. The van der Waals surface area contributed by atoms with Crippen molar-refractivity contribution in [3.05, 3.63) is 10.6 Å². The molecule has 5 nitrogen and oxygen atoms in total. The largest absolute Gasteiger partial charge is 0.477 e. The molecule has 0 unspecified atom stereocenters. The molecule has 1 aromatic rings. The van der Waals surface area contributed by atoms with Crippen molar-refractivity contribution in [1.82, 2.24) is 4.98 Å². The normalized spacial score (nSPS) is 11.1. The molecule has 0 radical (unpaired) electrons. The number of hydrogen-bond acceptors (Lipinski definition) is 4. The summed E-state index contributed by atoms with van der Waals surface area (Å²) in [5.74, 6) is -1.13. The zero-order chi connectivity index (χ0) is 14.6. The van der Waals surface area contributed by atoms with Crippen LogP contribution < -0.4 is 5.32 Å². The van der Waals surface area contributed by atoms with Gasteiger partial charge >= 0.3 is 5.97 Å². The van der Waals surface area contributed by atoms with E-state index in [1.807, 2.05) is 27.7 Å². The van der Waals surface area contributed by atoms with Gasteiger partial charge in [0.2, 0.25) is 5.91 Å². The summed E-state index contributed by atoms with van der Waals surface area (Å²) in [6.07, 6.45) is 1.52. The molecule has 6 heteroatoms. The van der Waals surface area contributed by atoms with Crippen molar-refractivity contribution < 1.29 is 14.7 Å². The monoisotopic (exact) mass is 284 g/mol. The van der Waals surface area contributed by atoms with E-state index in [1.54, 1.807) is 0 Å². The van der Waals surface area contributed by atoms with Gasteiger partial charge in [-0.15, -0.1) is 0 Å². The minimum Gasteiger partial charge on any atom is -0.477 e. The van der Waals surface area contributed by atoms with Gasteiger partial charge in [0.1, 0.15) is 4.88 Å². The highest BCUT2D eigenvalue weighted by Gasteiger charge is 2.22. The Morgan fingerprint density at radius 2 is 1.89 bits per heavy atom. The number of carbonyl (C=O) groups is 2. The van der Waals surface area contributed by atoms with E-state index in [0.29, 0.717) is 10.8 Å². The SMILES string of the molecule is CCC(CC)C(=O)Nc1nc(C(C)C)c(C(=O)O)s1. The Hall–Kier alpha value is -1.43. The third-order valence-corrected chi connectivity index (χ3v) is 3.96. The van der Waals surface area contributed by atoms with Gasteiger partial charge in [0.25, 0.3) is 0 Å². The molecule has 0 saturated carbocycles. The standard InChI is InChI=1S/C13H20N2O3S/c1-5-8(6-2)11(16)15-13-14-9(7(3)4)10(19-13)12(17)18/h7-8H,5-6H2,1-4H3,(H,17,18)(H,14,15,16). The van der Waals surface area contributed by atoms with Gasteiger partial charge in [-0.3, -0.25) is 4.79 Å². The summed E-state index contributed by atoms with van der Waals surface area (Å²) in [5, 5.41) is 12.2. The molecule has 1 rings (SSSR count). The molecule has 106 valence electrons. The van der Waals surface area contributed by atoms with Gasteiger partial charge in [0.15, 0.2) is 5.13 Å². The van der Waals surface area contributed by atoms with Gasteiger partial charge in [-0.1, -0.05) is 39.0 Å². The zero-order valence-corrected chi connectivity index (χ0v) is 12.5. The lowest BCUT2D eigenvalue weighted by Gasteiger charge is -2.10. The van der Waals surface area contributed by atoms with Gasteiger partial charge in [0.05, 0.1) is 5.69 Å². The summed E-state index contributed by atoms with van der Waals surface area (Å²) < 4.78 is 0. The molecular weight excluding hydrogens is 264 g/mol. The van der Waals surface area contributed by atoms with Crippen LogP contribution in [0.4, 0.5) is 5.13 Å². The van der Waals surface area contributed by atoms with Gasteiger partial charge in [-0.2, -0.15) is 0 Å². The van der Waals surface area contributed by atoms with E-state index in [4.69, 9.17) is 5.11 Å². The van der Waals surface area contributed by atoms with E-state index in [0.717, 1.165) is 24.2 Å². The smallest absolute Gasteiger partial charge is 0.347 e. The number of carboxylic acid groups (broad SMARTS) is 1. The third kappa shape index (κ3) is 3.76. The van der Waals surface area contributed by atoms with Crippen molar-refractivity contribution >= 4 is 28.3 Å². The van der Waals surface area contributed by atoms with E-state index < -0.39 is 5.97 Å². The van der Waals surface area contributed by atoms with Crippen LogP contribution in [-0.2, 0) is 4.79 Å². The number of anilines is 1. The summed E-state index contributed by atoms with van der Waals surface area (Å²) in [5.41, 5.74) is 0.525. The van der Waals surface area contributed by atoms with Gasteiger partial charge in [0, 0.05) is 5.92 Å². The maximum atomic E-state index is 11.9. The second-order valence-corrected chi connectivity index (χ2v) is 5.69. The predicted molar refractivity (Wildman–Crippen MR) is 75.9 cm³/mol. The number of nitrogens with zero attached hydrogens (tertiary/aromatic N) is 1. The average molecular weight is 284 g/mol. The van der Waals surface area contributed by atoms with Crippen molar-refractivity contribution in [3.8, 4) is 0 Å². The number of rotatable bonds is 6. The maximum Gasteiger partial charge on any atom is 0.347 e. The molecule has 0 spiro atoms. The number of aromatic carboxylic acids is 1. The number of amides is 1. The van der Waals surface area contributed by atoms with Crippen LogP contribution in [0.2, 0.25) is 0 Å². The molecule has 19 heavy (non-hydrogen) atoms. The first-order valence-corrected chi connectivity index (χ1v) is 7.27. The van der Waals surface area contributed by atoms with E-state index in [2.05, 4.69) is 10.3 Å². The predicted octanol–water partition coefficient (Wildman–Crippen LogP) is 3.34. The van der Waals surface area contributed by atoms with Gasteiger partial charge < -0.3 is 10.4 Å². The molecule has 0 aliphatic heterocycles. The van der Waals surface area contributed by atoms with Crippen molar-refractivity contribution in [2.24, 2.45) is 5.92 Å². The van der Waals surface area contributed by atoms with Crippen LogP contribution in [-0.4, -0.2) is 22.0 Å². The maximum absolute atomic E-state index is 11.9. The molecule has 1 aromatic heterocycles. The molecule has 1 amide bonds. The summed E-state index contributed by atoms with van der Waals surface area (Å²) in [7, 11) is 0. The Morgan fingerprint density at radius 1 is 1.32 bits per heavy atom. The van der Waals surface area contributed by atoms with Crippen LogP contribution >= 0.6 is 11.3 Å². The number of carboxylic acids is 1. The number of aromatic nitrogens is 1. The van der Waals surface area contributed by atoms with Crippen LogP contribution in [0.5, 0.6) is 0 Å². The van der Waals surface area contributed by atoms with Gasteiger partial charge in [-0.05, 0) is 18.8 Å². The molecule has 1 heterocycles. The van der Waals surface area contributed by atoms with Crippen LogP contribution in [0.25, 0.3) is 0 Å². The van der Waals surface area contributed by atoms with Crippen LogP contribution in [0.3, 0.4) is 0 Å². The fourth-order valence-electron chi connectivity index (χ4n) is 1.80. The Kier molecular flexibility index (Phi) is 5.47. The highest BCUT2D eigenvalue weighted by atomic mass is 32.1. The summed E-state index contributed by atoms with van der Waals surface area (Å²) >= 11 is 1.02. The quantitative estimate of drug-likeness (QED) is 0.839. The molecular formula is C13H20N2O3S. The average Bonchev–Trinajstić information content (AvgIpc) is 2.74. The van der Waals surface area contributed by atoms with Gasteiger partial charge in [-0.25, -0.2) is 9.78 Å². The summed E-state index contributed by atoms with van der Waals surface area (Å²) in [6, 6.07) is 0. The molecule has 0 aromatic carbocycles. The van der Waals surface area contributed by atoms with Crippen molar-refractivity contribution in [2.75, 3.05) is 5.32 Å². The highest BCUT2D eigenvalue weighted by Crippen LogP contribution is 2.28. The lowest BCUT2D eigenvalue weighted by atomic mass is 10.0. The minimum atomic E-state index is -0.996. The lowest BCUT2D eigenvalue weighted by molar-refractivity contribution is -0.120. The second-order valence-electron chi connectivity index (χ2n) is 4.70. The summed E-state index contributed by atoms with van der Waals surface area (Å²) in [6.45, 7) is 7.68. The topological polar surface area (TPSA) is 79.3 Å².